The SMILES string of the molecule is CCOC(=O)c1cnc2cc(F)ccc2c1Nc1cccc(C(F)(F)F)c1. The summed E-state index contributed by atoms with van der Waals surface area (Å²) < 4.78 is 57.3. The Labute approximate surface area is 151 Å². The Morgan fingerprint density at radius 1 is 1.19 bits per heavy atom. The maximum absolute atomic E-state index is 13.5. The molecule has 0 amide bonds. The van der Waals surface area contributed by atoms with Crippen LogP contribution in [0.2, 0.25) is 0 Å². The Bertz CT molecular complexity index is 1000. The quantitative estimate of drug-likeness (QED) is 0.494. The number of nitrogens with zero attached hydrogens (tertiary/aromatic N) is 1. The topological polar surface area (TPSA) is 51.2 Å². The van der Waals surface area contributed by atoms with Crippen molar-refractivity contribution in [3.05, 3.63) is 65.6 Å². The third-order valence-corrected chi connectivity index (χ3v) is 3.79. The van der Waals surface area contributed by atoms with Crippen LogP contribution >= 0.6 is 0 Å². The van der Waals surface area contributed by atoms with Gasteiger partial charge in [0.1, 0.15) is 11.4 Å². The normalized spacial score (nSPS) is 11.4. The fourth-order valence-electron chi connectivity index (χ4n) is 2.58. The Morgan fingerprint density at radius 2 is 1.96 bits per heavy atom. The number of hydrogen-bond donors (Lipinski definition) is 1. The lowest BCUT2D eigenvalue weighted by molar-refractivity contribution is -0.137. The highest BCUT2D eigenvalue weighted by molar-refractivity contribution is 6.06. The molecule has 0 unspecified atom stereocenters. The van der Waals surface area contributed by atoms with E-state index in [1.54, 1.807) is 6.92 Å². The average Bonchev–Trinajstić information content (AvgIpc) is 2.61. The van der Waals surface area contributed by atoms with E-state index >= 15 is 0 Å². The summed E-state index contributed by atoms with van der Waals surface area (Å²) in [6.07, 6.45) is -3.30. The fourth-order valence-corrected chi connectivity index (χ4v) is 2.58. The van der Waals surface area contributed by atoms with Gasteiger partial charge in [0, 0.05) is 23.3 Å². The molecule has 0 saturated carbocycles. The van der Waals surface area contributed by atoms with Gasteiger partial charge in [-0.3, -0.25) is 4.98 Å². The van der Waals surface area contributed by atoms with Crippen LogP contribution in [0.3, 0.4) is 0 Å². The summed E-state index contributed by atoms with van der Waals surface area (Å²) in [5.41, 5.74) is -0.245. The highest BCUT2D eigenvalue weighted by atomic mass is 19.4. The first-order valence-electron chi connectivity index (χ1n) is 7.99. The zero-order chi connectivity index (χ0) is 19.6. The van der Waals surface area contributed by atoms with Crippen LogP contribution in [0.1, 0.15) is 22.8 Å². The first-order chi connectivity index (χ1) is 12.8. The van der Waals surface area contributed by atoms with Crippen molar-refractivity contribution in [3.63, 3.8) is 0 Å². The zero-order valence-electron chi connectivity index (χ0n) is 14.1. The molecule has 1 aromatic heterocycles. The second-order valence-electron chi connectivity index (χ2n) is 5.63. The molecular weight excluding hydrogens is 364 g/mol. The van der Waals surface area contributed by atoms with E-state index in [0.717, 1.165) is 12.1 Å². The van der Waals surface area contributed by atoms with Crippen molar-refractivity contribution >= 4 is 28.2 Å². The minimum atomic E-state index is -4.51. The number of aromatic nitrogens is 1. The van der Waals surface area contributed by atoms with Crippen molar-refractivity contribution in [3.8, 4) is 0 Å². The summed E-state index contributed by atoms with van der Waals surface area (Å²) in [6.45, 7) is 1.74. The van der Waals surface area contributed by atoms with Gasteiger partial charge in [-0.15, -0.1) is 0 Å². The van der Waals surface area contributed by atoms with Crippen LogP contribution in [0, 0.1) is 5.82 Å². The van der Waals surface area contributed by atoms with Crippen LogP contribution in [-0.4, -0.2) is 17.6 Å². The monoisotopic (exact) mass is 378 g/mol. The van der Waals surface area contributed by atoms with Crippen molar-refractivity contribution in [2.24, 2.45) is 0 Å². The third-order valence-electron chi connectivity index (χ3n) is 3.79. The minimum absolute atomic E-state index is 0.0355. The molecule has 2 aromatic carbocycles. The van der Waals surface area contributed by atoms with Gasteiger partial charge < -0.3 is 10.1 Å². The van der Waals surface area contributed by atoms with Gasteiger partial charge in [0.2, 0.25) is 0 Å². The predicted octanol–water partition coefficient (Wildman–Crippen LogP) is 5.31. The van der Waals surface area contributed by atoms with E-state index in [9.17, 15) is 22.4 Å². The summed E-state index contributed by atoms with van der Waals surface area (Å²) >= 11 is 0. The number of halogens is 4. The number of carbonyl (C=O) groups excluding carboxylic acids is 1. The number of nitrogens with one attached hydrogen (secondary N) is 1. The molecule has 0 spiro atoms. The smallest absolute Gasteiger partial charge is 0.416 e. The van der Waals surface area contributed by atoms with Gasteiger partial charge in [0.05, 0.1) is 23.4 Å². The number of anilines is 2. The molecule has 0 saturated heterocycles. The van der Waals surface area contributed by atoms with Crippen LogP contribution in [-0.2, 0) is 10.9 Å². The molecule has 0 radical (unpaired) electrons. The lowest BCUT2D eigenvalue weighted by Crippen LogP contribution is -2.10. The van der Waals surface area contributed by atoms with E-state index in [-0.39, 0.29) is 29.1 Å². The van der Waals surface area contributed by atoms with Crippen molar-refractivity contribution in [1.29, 1.82) is 0 Å². The molecule has 0 bridgehead atoms. The third kappa shape index (κ3) is 3.99. The van der Waals surface area contributed by atoms with Crippen LogP contribution in [0.4, 0.5) is 28.9 Å². The summed E-state index contributed by atoms with van der Waals surface area (Å²) in [7, 11) is 0. The van der Waals surface area contributed by atoms with E-state index in [1.165, 1.54) is 36.5 Å². The molecule has 3 aromatic rings. The molecule has 27 heavy (non-hydrogen) atoms. The molecule has 1 heterocycles. The van der Waals surface area contributed by atoms with Gasteiger partial charge in [-0.25, -0.2) is 9.18 Å². The lowest BCUT2D eigenvalue weighted by Gasteiger charge is -2.15. The van der Waals surface area contributed by atoms with E-state index in [1.807, 2.05) is 0 Å². The van der Waals surface area contributed by atoms with Gasteiger partial charge in [-0.05, 0) is 37.3 Å². The molecule has 0 aliphatic rings. The Kier molecular flexibility index (Phi) is 4.98. The second kappa shape index (κ2) is 7.22. The van der Waals surface area contributed by atoms with Crippen molar-refractivity contribution < 1.29 is 27.1 Å². The van der Waals surface area contributed by atoms with E-state index in [2.05, 4.69) is 10.3 Å². The largest absolute Gasteiger partial charge is 0.462 e. The highest BCUT2D eigenvalue weighted by Crippen LogP contribution is 2.34. The molecule has 3 rings (SSSR count). The van der Waals surface area contributed by atoms with Crippen molar-refractivity contribution in [2.45, 2.75) is 13.1 Å². The van der Waals surface area contributed by atoms with Gasteiger partial charge in [-0.2, -0.15) is 13.2 Å². The number of fused-ring (bicyclic) bond motifs is 1. The number of benzene rings is 2. The second-order valence-corrected chi connectivity index (χ2v) is 5.63. The first kappa shape index (κ1) is 18.6. The minimum Gasteiger partial charge on any atom is -0.462 e. The van der Waals surface area contributed by atoms with Gasteiger partial charge in [0.25, 0.3) is 0 Å². The van der Waals surface area contributed by atoms with Gasteiger partial charge >= 0.3 is 12.1 Å². The number of rotatable bonds is 4. The summed E-state index contributed by atoms with van der Waals surface area (Å²) in [4.78, 5) is 16.3. The van der Waals surface area contributed by atoms with E-state index in [4.69, 9.17) is 4.74 Å². The molecule has 0 fully saturated rings. The number of carbonyl (C=O) groups is 1. The molecule has 0 atom stereocenters. The number of ether oxygens (including phenoxy) is 1. The molecule has 0 aliphatic carbocycles. The standard InChI is InChI=1S/C19H14F4N2O2/c1-2-27-18(26)15-10-24-16-9-12(20)6-7-14(16)17(15)25-13-5-3-4-11(8-13)19(21,22)23/h3-10H,2H2,1H3,(H,24,25). The Morgan fingerprint density at radius 3 is 2.67 bits per heavy atom. The van der Waals surface area contributed by atoms with Crippen LogP contribution in [0.5, 0.6) is 0 Å². The maximum atomic E-state index is 13.5. The Balaban J connectivity index is 2.13. The summed E-state index contributed by atoms with van der Waals surface area (Å²) in [6, 6.07) is 8.29. The lowest BCUT2D eigenvalue weighted by atomic mass is 10.1. The van der Waals surface area contributed by atoms with Gasteiger partial charge in [-0.1, -0.05) is 6.07 Å². The first-order valence-corrected chi connectivity index (χ1v) is 7.99. The number of esters is 1. The number of pyridine rings is 1. The zero-order valence-corrected chi connectivity index (χ0v) is 14.1. The number of alkyl halides is 3. The maximum Gasteiger partial charge on any atom is 0.416 e. The summed E-state index contributed by atoms with van der Waals surface area (Å²) in [5, 5.41) is 3.20. The molecule has 1 N–H and O–H groups in total. The van der Waals surface area contributed by atoms with Crippen LogP contribution in [0.15, 0.2) is 48.7 Å². The van der Waals surface area contributed by atoms with Crippen LogP contribution < -0.4 is 5.32 Å². The van der Waals surface area contributed by atoms with Crippen molar-refractivity contribution in [2.75, 3.05) is 11.9 Å². The van der Waals surface area contributed by atoms with E-state index < -0.39 is 23.5 Å². The molecule has 140 valence electrons. The number of hydrogen-bond acceptors (Lipinski definition) is 4. The molecule has 0 aliphatic heterocycles. The fraction of sp³-hybridized carbons (Fsp3) is 0.158. The Hall–Kier alpha value is -3.16. The molecule has 8 heteroatoms. The van der Waals surface area contributed by atoms with Gasteiger partial charge in [0.15, 0.2) is 0 Å². The molecular formula is C19H14F4N2O2. The predicted molar refractivity (Wildman–Crippen MR) is 92.4 cm³/mol. The van der Waals surface area contributed by atoms with Crippen LogP contribution in [0.25, 0.3) is 10.9 Å². The van der Waals surface area contributed by atoms with E-state index in [0.29, 0.717) is 5.39 Å². The average molecular weight is 378 g/mol. The highest BCUT2D eigenvalue weighted by Gasteiger charge is 2.30. The molecule has 4 nitrogen and oxygen atoms in total. The summed E-state index contributed by atoms with van der Waals surface area (Å²) in [5.74, 6) is -1.21. The van der Waals surface area contributed by atoms with Crippen molar-refractivity contribution in [1.82, 2.24) is 4.98 Å².